The molecule has 0 aromatic rings. The normalized spacial score (nSPS) is 33.4. The van der Waals surface area contributed by atoms with Gasteiger partial charge in [0.25, 0.3) is 0 Å². The Morgan fingerprint density at radius 1 is 1.14 bits per heavy atom. The van der Waals surface area contributed by atoms with Crippen molar-refractivity contribution in [3.05, 3.63) is 0 Å². The average molecular weight is 303 g/mol. The van der Waals surface area contributed by atoms with Crippen molar-refractivity contribution < 1.29 is 23.5 Å². The molecule has 0 saturated heterocycles. The van der Waals surface area contributed by atoms with Crippen molar-refractivity contribution >= 4 is 11.9 Å². The number of carbonyl (C=O) groups excluding carboxylic acids is 1. The lowest BCUT2D eigenvalue weighted by Crippen LogP contribution is -2.58. The molecule has 2 N–H and O–H groups in total. The van der Waals surface area contributed by atoms with Crippen molar-refractivity contribution in [1.29, 1.82) is 0 Å². The predicted molar refractivity (Wildman–Crippen MR) is 73.0 cm³/mol. The summed E-state index contributed by atoms with van der Waals surface area (Å²) in [6, 6.07) is 0. The Bertz CT molecular complexity index is 417. The Kier molecular flexibility index (Phi) is 4.54. The first kappa shape index (κ1) is 16.2. The number of nitrogens with one attached hydrogen (secondary N) is 1. The third kappa shape index (κ3) is 3.71. The van der Waals surface area contributed by atoms with Crippen molar-refractivity contribution in [2.24, 2.45) is 11.8 Å². The Balaban J connectivity index is 2.01. The van der Waals surface area contributed by atoms with Crippen LogP contribution in [0.1, 0.15) is 58.3 Å². The zero-order valence-electron chi connectivity index (χ0n) is 12.3. The van der Waals surface area contributed by atoms with Gasteiger partial charge >= 0.3 is 5.97 Å². The summed E-state index contributed by atoms with van der Waals surface area (Å²) in [5.41, 5.74) is -1.21. The van der Waals surface area contributed by atoms with Crippen LogP contribution in [0.3, 0.4) is 0 Å². The van der Waals surface area contributed by atoms with Crippen LogP contribution in [0.25, 0.3) is 0 Å². The number of amides is 1. The highest BCUT2D eigenvalue weighted by atomic mass is 19.3. The molecule has 21 heavy (non-hydrogen) atoms. The largest absolute Gasteiger partial charge is 0.480 e. The highest BCUT2D eigenvalue weighted by Crippen LogP contribution is 2.37. The van der Waals surface area contributed by atoms with E-state index in [2.05, 4.69) is 5.32 Å². The zero-order chi connectivity index (χ0) is 15.7. The van der Waals surface area contributed by atoms with Crippen LogP contribution in [-0.4, -0.2) is 28.4 Å². The summed E-state index contributed by atoms with van der Waals surface area (Å²) in [7, 11) is 0. The molecule has 2 unspecified atom stereocenters. The van der Waals surface area contributed by atoms with Crippen molar-refractivity contribution in [3.63, 3.8) is 0 Å². The van der Waals surface area contributed by atoms with Gasteiger partial charge < -0.3 is 10.4 Å². The van der Waals surface area contributed by atoms with Crippen LogP contribution in [0, 0.1) is 11.8 Å². The quantitative estimate of drug-likeness (QED) is 0.842. The van der Waals surface area contributed by atoms with Crippen molar-refractivity contribution in [2.75, 3.05) is 0 Å². The molecular weight excluding hydrogens is 280 g/mol. The van der Waals surface area contributed by atoms with Gasteiger partial charge in [-0.05, 0) is 31.6 Å². The summed E-state index contributed by atoms with van der Waals surface area (Å²) in [5.74, 6) is -4.31. The first-order valence-electron chi connectivity index (χ1n) is 7.67. The maximum Gasteiger partial charge on any atom is 0.329 e. The second-order valence-electron chi connectivity index (χ2n) is 6.71. The number of carboxylic acid groups (broad SMARTS) is 1. The van der Waals surface area contributed by atoms with E-state index in [9.17, 15) is 23.5 Å². The number of hydrogen-bond donors (Lipinski definition) is 2. The molecule has 120 valence electrons. The van der Waals surface area contributed by atoms with E-state index in [-0.39, 0.29) is 37.5 Å². The summed E-state index contributed by atoms with van der Waals surface area (Å²) in [6.07, 6.45) is 2.23. The van der Waals surface area contributed by atoms with Gasteiger partial charge in [0, 0.05) is 18.8 Å². The molecule has 0 spiro atoms. The molecule has 0 aromatic heterocycles. The monoisotopic (exact) mass is 303 g/mol. The van der Waals surface area contributed by atoms with Gasteiger partial charge in [-0.2, -0.15) is 0 Å². The van der Waals surface area contributed by atoms with E-state index in [4.69, 9.17) is 0 Å². The number of rotatable bonds is 3. The van der Waals surface area contributed by atoms with Crippen LogP contribution in [-0.2, 0) is 9.59 Å². The number of halogens is 2. The Morgan fingerprint density at radius 3 is 2.29 bits per heavy atom. The minimum atomic E-state index is -2.68. The molecule has 0 aromatic carbocycles. The van der Waals surface area contributed by atoms with E-state index in [1.54, 1.807) is 0 Å². The average Bonchev–Trinajstić information content (AvgIpc) is 2.38. The maximum absolute atomic E-state index is 13.1. The van der Waals surface area contributed by atoms with Crippen LogP contribution in [0.15, 0.2) is 0 Å². The molecule has 1 amide bonds. The number of hydrogen-bond acceptors (Lipinski definition) is 2. The Hall–Kier alpha value is -1.20. The molecule has 0 radical (unpaired) electrons. The standard InChI is InChI=1S/C15H23F2NO3/c1-10-3-2-6-14(9-10,13(20)21)18-12(19)11-4-7-15(16,17)8-5-11/h10-11H,2-9H2,1H3,(H,18,19)(H,20,21). The molecule has 2 aliphatic rings. The third-order valence-corrected chi connectivity index (χ3v) is 4.86. The minimum absolute atomic E-state index is 0.129. The van der Waals surface area contributed by atoms with E-state index in [1.165, 1.54) is 0 Å². The van der Waals surface area contributed by atoms with Gasteiger partial charge in [-0.1, -0.05) is 19.8 Å². The second kappa shape index (κ2) is 5.89. The minimum Gasteiger partial charge on any atom is -0.480 e. The summed E-state index contributed by atoms with van der Waals surface area (Å²) >= 11 is 0. The van der Waals surface area contributed by atoms with Gasteiger partial charge in [0.2, 0.25) is 11.8 Å². The molecule has 2 rings (SSSR count). The van der Waals surface area contributed by atoms with Gasteiger partial charge in [-0.3, -0.25) is 4.79 Å². The third-order valence-electron chi connectivity index (χ3n) is 4.86. The zero-order valence-corrected chi connectivity index (χ0v) is 12.3. The lowest BCUT2D eigenvalue weighted by atomic mass is 9.75. The first-order valence-corrected chi connectivity index (χ1v) is 7.67. The van der Waals surface area contributed by atoms with Crippen LogP contribution >= 0.6 is 0 Å². The molecule has 2 aliphatic carbocycles. The van der Waals surface area contributed by atoms with Crippen LogP contribution < -0.4 is 5.32 Å². The van der Waals surface area contributed by atoms with E-state index in [0.29, 0.717) is 12.8 Å². The van der Waals surface area contributed by atoms with Crippen LogP contribution in [0.5, 0.6) is 0 Å². The molecule has 0 aliphatic heterocycles. The maximum atomic E-state index is 13.1. The highest BCUT2D eigenvalue weighted by molar-refractivity contribution is 5.88. The summed E-state index contributed by atoms with van der Waals surface area (Å²) in [5, 5.41) is 12.2. The molecule has 2 fully saturated rings. The van der Waals surface area contributed by atoms with E-state index in [1.807, 2.05) is 6.92 Å². The summed E-state index contributed by atoms with van der Waals surface area (Å²) in [4.78, 5) is 23.9. The van der Waals surface area contributed by atoms with Crippen molar-refractivity contribution in [3.8, 4) is 0 Å². The number of carbonyl (C=O) groups is 2. The molecular formula is C15H23F2NO3. The fourth-order valence-electron chi connectivity index (χ4n) is 3.55. The predicted octanol–water partition coefficient (Wildman–Crippen LogP) is 2.96. The Labute approximate surface area is 123 Å². The first-order chi connectivity index (χ1) is 9.74. The lowest BCUT2D eigenvalue weighted by molar-refractivity contribution is -0.151. The highest BCUT2D eigenvalue weighted by Gasteiger charge is 2.45. The van der Waals surface area contributed by atoms with Crippen LogP contribution in [0.2, 0.25) is 0 Å². The molecule has 6 heteroatoms. The number of carboxylic acids is 1. The van der Waals surface area contributed by atoms with Gasteiger partial charge in [-0.25, -0.2) is 13.6 Å². The summed E-state index contributed by atoms with van der Waals surface area (Å²) in [6.45, 7) is 1.98. The number of alkyl halides is 2. The molecule has 2 saturated carbocycles. The van der Waals surface area contributed by atoms with Gasteiger partial charge in [0.15, 0.2) is 0 Å². The van der Waals surface area contributed by atoms with Gasteiger partial charge in [0.05, 0.1) is 0 Å². The molecule has 4 nitrogen and oxygen atoms in total. The van der Waals surface area contributed by atoms with Crippen LogP contribution in [0.4, 0.5) is 8.78 Å². The molecule has 0 bridgehead atoms. The summed E-state index contributed by atoms with van der Waals surface area (Å²) < 4.78 is 26.3. The fraction of sp³-hybridized carbons (Fsp3) is 0.867. The van der Waals surface area contributed by atoms with E-state index in [0.717, 1.165) is 12.8 Å². The smallest absolute Gasteiger partial charge is 0.329 e. The number of aliphatic carboxylic acids is 1. The topological polar surface area (TPSA) is 66.4 Å². The Morgan fingerprint density at radius 2 is 1.76 bits per heavy atom. The lowest BCUT2D eigenvalue weighted by Gasteiger charge is -2.38. The van der Waals surface area contributed by atoms with Crippen molar-refractivity contribution in [1.82, 2.24) is 5.32 Å². The van der Waals surface area contributed by atoms with Gasteiger partial charge in [-0.15, -0.1) is 0 Å². The SMILES string of the molecule is CC1CCCC(NC(=O)C2CCC(F)(F)CC2)(C(=O)O)C1. The van der Waals surface area contributed by atoms with E-state index < -0.39 is 23.3 Å². The van der Waals surface area contributed by atoms with Crippen molar-refractivity contribution in [2.45, 2.75) is 69.8 Å². The van der Waals surface area contributed by atoms with E-state index >= 15 is 0 Å². The molecule has 0 heterocycles. The second-order valence-corrected chi connectivity index (χ2v) is 6.71. The fourth-order valence-corrected chi connectivity index (χ4v) is 3.55. The molecule has 2 atom stereocenters. The van der Waals surface area contributed by atoms with Gasteiger partial charge in [0.1, 0.15) is 5.54 Å².